The molecule has 1 saturated heterocycles. The zero-order valence-corrected chi connectivity index (χ0v) is 16.0. The van der Waals surface area contributed by atoms with Crippen molar-refractivity contribution in [1.29, 1.82) is 0 Å². The summed E-state index contributed by atoms with van der Waals surface area (Å²) in [6.07, 6.45) is 0. The Balaban J connectivity index is 1.39. The van der Waals surface area contributed by atoms with Crippen molar-refractivity contribution in [2.24, 2.45) is 0 Å². The van der Waals surface area contributed by atoms with Crippen LogP contribution in [0.25, 0.3) is 10.4 Å². The Morgan fingerprint density at radius 3 is 2.00 bits per heavy atom. The highest BCUT2D eigenvalue weighted by atomic mass is 32.1. The summed E-state index contributed by atoms with van der Waals surface area (Å²) in [5.74, 6) is -0.299. The molecule has 2 amide bonds. The van der Waals surface area contributed by atoms with E-state index in [-0.39, 0.29) is 17.6 Å². The van der Waals surface area contributed by atoms with Crippen molar-refractivity contribution in [2.45, 2.75) is 0 Å². The highest BCUT2D eigenvalue weighted by Crippen LogP contribution is 2.29. The number of nitrogens with zero attached hydrogens (tertiary/aromatic N) is 2. The average Bonchev–Trinajstić information content (AvgIpc) is 3.24. The summed E-state index contributed by atoms with van der Waals surface area (Å²) >= 11 is 1.40. The van der Waals surface area contributed by atoms with Gasteiger partial charge in [-0.15, -0.1) is 11.3 Å². The van der Waals surface area contributed by atoms with Gasteiger partial charge in [0, 0.05) is 36.6 Å². The van der Waals surface area contributed by atoms with Crippen LogP contribution < -0.4 is 0 Å². The van der Waals surface area contributed by atoms with Gasteiger partial charge >= 0.3 is 0 Å². The van der Waals surface area contributed by atoms with Gasteiger partial charge in [0.2, 0.25) is 0 Å². The van der Waals surface area contributed by atoms with Crippen LogP contribution in [-0.2, 0) is 0 Å². The molecule has 1 aliphatic heterocycles. The Bertz CT molecular complexity index is 977. The van der Waals surface area contributed by atoms with Crippen molar-refractivity contribution < 1.29 is 14.0 Å². The molecule has 4 rings (SSSR count). The van der Waals surface area contributed by atoms with E-state index >= 15 is 0 Å². The van der Waals surface area contributed by atoms with Gasteiger partial charge in [0.1, 0.15) is 5.82 Å². The van der Waals surface area contributed by atoms with Gasteiger partial charge in [0.25, 0.3) is 11.8 Å². The fraction of sp³-hybridized carbons (Fsp3) is 0.182. The second kappa shape index (κ2) is 7.94. The second-order valence-corrected chi connectivity index (χ2v) is 7.70. The van der Waals surface area contributed by atoms with E-state index in [9.17, 15) is 14.0 Å². The van der Waals surface area contributed by atoms with Crippen molar-refractivity contribution in [1.82, 2.24) is 9.80 Å². The fourth-order valence-electron chi connectivity index (χ4n) is 3.25. The van der Waals surface area contributed by atoms with Gasteiger partial charge in [-0.05, 0) is 42.0 Å². The normalized spacial score (nSPS) is 14.2. The molecule has 0 aliphatic carbocycles. The minimum atomic E-state index is -0.278. The van der Waals surface area contributed by atoms with Crippen LogP contribution >= 0.6 is 11.3 Å². The number of piperazine rings is 1. The van der Waals surface area contributed by atoms with Gasteiger partial charge in [-0.1, -0.05) is 30.3 Å². The lowest BCUT2D eigenvalue weighted by Crippen LogP contribution is -2.50. The van der Waals surface area contributed by atoms with Crippen LogP contribution in [0.2, 0.25) is 0 Å². The quantitative estimate of drug-likeness (QED) is 0.670. The highest BCUT2D eigenvalue weighted by molar-refractivity contribution is 7.17. The van der Waals surface area contributed by atoms with E-state index in [4.69, 9.17) is 0 Å². The zero-order chi connectivity index (χ0) is 19.5. The van der Waals surface area contributed by atoms with E-state index < -0.39 is 0 Å². The lowest BCUT2D eigenvalue weighted by molar-refractivity contribution is 0.0538. The first-order chi connectivity index (χ1) is 13.6. The number of thiophene rings is 1. The third-order valence-electron chi connectivity index (χ3n) is 4.82. The Kier molecular flexibility index (Phi) is 5.21. The molecule has 0 saturated carbocycles. The largest absolute Gasteiger partial charge is 0.335 e. The van der Waals surface area contributed by atoms with Crippen molar-refractivity contribution in [2.75, 3.05) is 26.2 Å². The molecule has 0 spiro atoms. The number of hydrogen-bond acceptors (Lipinski definition) is 3. The summed E-state index contributed by atoms with van der Waals surface area (Å²) in [7, 11) is 0. The molecule has 1 fully saturated rings. The van der Waals surface area contributed by atoms with Gasteiger partial charge in [-0.3, -0.25) is 9.59 Å². The van der Waals surface area contributed by atoms with Crippen LogP contribution in [0.15, 0.2) is 66.7 Å². The molecule has 0 unspecified atom stereocenters. The van der Waals surface area contributed by atoms with Crippen molar-refractivity contribution in [3.8, 4) is 10.4 Å². The van der Waals surface area contributed by atoms with E-state index in [1.54, 1.807) is 21.9 Å². The van der Waals surface area contributed by atoms with Crippen LogP contribution in [-0.4, -0.2) is 47.8 Å². The van der Waals surface area contributed by atoms with Crippen LogP contribution in [0.1, 0.15) is 20.0 Å². The van der Waals surface area contributed by atoms with Crippen LogP contribution in [0.3, 0.4) is 0 Å². The van der Waals surface area contributed by atoms with Crippen LogP contribution in [0.4, 0.5) is 4.39 Å². The van der Waals surface area contributed by atoms with E-state index in [0.29, 0.717) is 36.6 Å². The van der Waals surface area contributed by atoms with E-state index in [1.807, 2.05) is 42.5 Å². The van der Waals surface area contributed by atoms with Gasteiger partial charge in [-0.2, -0.15) is 0 Å². The first-order valence-corrected chi connectivity index (χ1v) is 9.93. The van der Waals surface area contributed by atoms with Gasteiger partial charge < -0.3 is 9.80 Å². The Hall–Kier alpha value is -2.99. The number of rotatable bonds is 3. The minimum absolute atomic E-state index is 0.00224. The standard InChI is InChI=1S/C22H19FN2O2S/c23-18-8-6-16(7-9-18)19-10-11-20(28-19)22(27)25-14-12-24(13-15-25)21(26)17-4-2-1-3-5-17/h1-11H,12-15H2. The molecule has 1 aliphatic rings. The molecule has 3 aromatic rings. The topological polar surface area (TPSA) is 40.6 Å². The van der Waals surface area contributed by atoms with Gasteiger partial charge in [-0.25, -0.2) is 4.39 Å². The number of halogens is 1. The number of carbonyl (C=O) groups is 2. The predicted molar refractivity (Wildman–Crippen MR) is 108 cm³/mol. The Morgan fingerprint density at radius 2 is 1.36 bits per heavy atom. The predicted octanol–water partition coefficient (Wildman–Crippen LogP) is 4.15. The van der Waals surface area contributed by atoms with Crippen LogP contribution in [0.5, 0.6) is 0 Å². The molecule has 0 radical (unpaired) electrons. The summed E-state index contributed by atoms with van der Waals surface area (Å²) < 4.78 is 13.1. The summed E-state index contributed by atoms with van der Waals surface area (Å²) in [6, 6.07) is 19.2. The molecule has 2 aromatic carbocycles. The third-order valence-corrected chi connectivity index (χ3v) is 5.94. The molecule has 4 nitrogen and oxygen atoms in total. The maximum atomic E-state index is 13.1. The molecule has 2 heterocycles. The SMILES string of the molecule is O=C(c1ccccc1)N1CCN(C(=O)c2ccc(-c3ccc(F)cc3)s2)CC1. The first kappa shape index (κ1) is 18.4. The summed E-state index contributed by atoms with van der Waals surface area (Å²) in [5, 5.41) is 0. The van der Waals surface area contributed by atoms with E-state index in [1.165, 1.54) is 23.5 Å². The molecule has 0 N–H and O–H groups in total. The molecule has 0 bridgehead atoms. The number of carbonyl (C=O) groups excluding carboxylic acids is 2. The number of hydrogen-bond donors (Lipinski definition) is 0. The number of amides is 2. The third kappa shape index (κ3) is 3.82. The Morgan fingerprint density at radius 1 is 0.750 bits per heavy atom. The second-order valence-electron chi connectivity index (χ2n) is 6.62. The zero-order valence-electron chi connectivity index (χ0n) is 15.2. The van der Waals surface area contributed by atoms with Crippen molar-refractivity contribution in [3.05, 3.63) is 83.0 Å². The maximum Gasteiger partial charge on any atom is 0.264 e. The Labute approximate surface area is 166 Å². The number of benzene rings is 2. The molecular formula is C22H19FN2O2S. The molecule has 142 valence electrons. The summed E-state index contributed by atoms with van der Waals surface area (Å²) in [4.78, 5) is 30.5. The first-order valence-electron chi connectivity index (χ1n) is 9.11. The van der Waals surface area contributed by atoms with E-state index in [0.717, 1.165) is 10.4 Å². The van der Waals surface area contributed by atoms with Gasteiger partial charge in [0.15, 0.2) is 0 Å². The molecule has 6 heteroatoms. The van der Waals surface area contributed by atoms with Crippen LogP contribution in [0, 0.1) is 5.82 Å². The molecule has 1 aromatic heterocycles. The lowest BCUT2D eigenvalue weighted by Gasteiger charge is -2.34. The molecule has 0 atom stereocenters. The smallest absolute Gasteiger partial charge is 0.264 e. The summed E-state index contributed by atoms with van der Waals surface area (Å²) in [5.41, 5.74) is 1.56. The fourth-order valence-corrected chi connectivity index (χ4v) is 4.23. The minimum Gasteiger partial charge on any atom is -0.335 e. The highest BCUT2D eigenvalue weighted by Gasteiger charge is 2.26. The average molecular weight is 394 g/mol. The maximum absolute atomic E-state index is 13.1. The van der Waals surface area contributed by atoms with Gasteiger partial charge in [0.05, 0.1) is 4.88 Å². The molecule has 28 heavy (non-hydrogen) atoms. The van der Waals surface area contributed by atoms with Crippen molar-refractivity contribution in [3.63, 3.8) is 0 Å². The summed E-state index contributed by atoms with van der Waals surface area (Å²) in [6.45, 7) is 2.08. The monoisotopic (exact) mass is 394 g/mol. The van der Waals surface area contributed by atoms with E-state index in [2.05, 4.69) is 0 Å². The van der Waals surface area contributed by atoms with Crippen molar-refractivity contribution >= 4 is 23.2 Å². The lowest BCUT2D eigenvalue weighted by atomic mass is 10.2. The molecular weight excluding hydrogens is 375 g/mol.